The number of aromatic nitrogens is 1. The Hall–Kier alpha value is -1.94. The molecule has 20 heavy (non-hydrogen) atoms. The molecule has 1 N–H and O–H groups in total. The Kier molecular flexibility index (Phi) is 5.07. The fourth-order valence-corrected chi connectivity index (χ4v) is 2.25. The topological polar surface area (TPSA) is 28.2 Å². The molecular formula is C16H20FN3. The second-order valence-electron chi connectivity index (χ2n) is 4.64. The Morgan fingerprint density at radius 1 is 1.25 bits per heavy atom. The van der Waals surface area contributed by atoms with E-state index in [1.165, 1.54) is 6.07 Å². The van der Waals surface area contributed by atoms with Gasteiger partial charge in [0.25, 0.3) is 0 Å². The van der Waals surface area contributed by atoms with Gasteiger partial charge < -0.3 is 10.2 Å². The van der Waals surface area contributed by atoms with Crippen molar-refractivity contribution in [3.8, 4) is 0 Å². The van der Waals surface area contributed by atoms with E-state index in [2.05, 4.69) is 22.1 Å². The molecule has 0 fully saturated rings. The summed E-state index contributed by atoms with van der Waals surface area (Å²) < 4.78 is 13.4. The third-order valence-electron chi connectivity index (χ3n) is 3.21. The minimum atomic E-state index is -0.201. The molecule has 0 saturated heterocycles. The van der Waals surface area contributed by atoms with Crippen molar-refractivity contribution in [2.45, 2.75) is 20.0 Å². The maximum Gasteiger partial charge on any atom is 0.123 e. The highest BCUT2D eigenvalue weighted by atomic mass is 19.1. The molecule has 0 saturated carbocycles. The average molecular weight is 273 g/mol. The van der Waals surface area contributed by atoms with Crippen molar-refractivity contribution < 1.29 is 4.39 Å². The maximum absolute atomic E-state index is 13.4. The van der Waals surface area contributed by atoms with Crippen molar-refractivity contribution >= 4 is 5.69 Å². The molecule has 1 aromatic heterocycles. The van der Waals surface area contributed by atoms with Crippen LogP contribution in [0.2, 0.25) is 0 Å². The first-order valence-corrected chi connectivity index (χ1v) is 6.82. The molecule has 0 bridgehead atoms. The van der Waals surface area contributed by atoms with E-state index < -0.39 is 0 Å². The molecule has 0 unspecified atom stereocenters. The van der Waals surface area contributed by atoms with Crippen LogP contribution in [-0.2, 0) is 13.1 Å². The first kappa shape index (κ1) is 14.5. The summed E-state index contributed by atoms with van der Waals surface area (Å²) in [6.45, 7) is 4.31. The first-order valence-electron chi connectivity index (χ1n) is 6.82. The van der Waals surface area contributed by atoms with Crippen LogP contribution in [0.25, 0.3) is 0 Å². The summed E-state index contributed by atoms with van der Waals surface area (Å²) in [5.41, 5.74) is 3.02. The Bertz CT molecular complexity index is 543. The molecule has 0 aliphatic rings. The smallest absolute Gasteiger partial charge is 0.123 e. The molecule has 0 aliphatic carbocycles. The van der Waals surface area contributed by atoms with Gasteiger partial charge in [-0.25, -0.2) is 4.39 Å². The van der Waals surface area contributed by atoms with Crippen LogP contribution in [0.15, 0.2) is 42.6 Å². The largest absolute Gasteiger partial charge is 0.366 e. The van der Waals surface area contributed by atoms with Gasteiger partial charge in [0.05, 0.1) is 12.2 Å². The number of benzene rings is 1. The SMILES string of the molecule is CCN(Cc1ccccn1)c1ccc(F)cc1CNC. The summed E-state index contributed by atoms with van der Waals surface area (Å²) in [6.07, 6.45) is 1.79. The van der Waals surface area contributed by atoms with Gasteiger partial charge in [-0.3, -0.25) is 4.98 Å². The monoisotopic (exact) mass is 273 g/mol. The molecule has 3 nitrogen and oxygen atoms in total. The number of rotatable bonds is 6. The molecule has 0 spiro atoms. The molecule has 0 radical (unpaired) electrons. The summed E-state index contributed by atoms with van der Waals surface area (Å²) >= 11 is 0. The fourth-order valence-electron chi connectivity index (χ4n) is 2.25. The van der Waals surface area contributed by atoms with Gasteiger partial charge >= 0.3 is 0 Å². The molecule has 0 atom stereocenters. The highest BCUT2D eigenvalue weighted by Crippen LogP contribution is 2.23. The van der Waals surface area contributed by atoms with E-state index in [0.29, 0.717) is 6.54 Å². The molecule has 1 aromatic carbocycles. The van der Waals surface area contributed by atoms with Gasteiger partial charge in [-0.05, 0) is 49.9 Å². The molecular weight excluding hydrogens is 253 g/mol. The lowest BCUT2D eigenvalue weighted by molar-refractivity contribution is 0.623. The number of hydrogen-bond donors (Lipinski definition) is 1. The predicted molar refractivity (Wildman–Crippen MR) is 80.1 cm³/mol. The third kappa shape index (κ3) is 3.54. The van der Waals surface area contributed by atoms with Gasteiger partial charge in [0.2, 0.25) is 0 Å². The van der Waals surface area contributed by atoms with E-state index in [1.54, 1.807) is 12.3 Å². The molecule has 0 amide bonds. The number of nitrogens with zero attached hydrogens (tertiary/aromatic N) is 2. The summed E-state index contributed by atoms with van der Waals surface area (Å²) in [4.78, 5) is 6.56. The van der Waals surface area contributed by atoms with E-state index in [9.17, 15) is 4.39 Å². The Morgan fingerprint density at radius 2 is 2.10 bits per heavy atom. The zero-order chi connectivity index (χ0) is 14.4. The quantitative estimate of drug-likeness (QED) is 0.877. The summed E-state index contributed by atoms with van der Waals surface area (Å²) in [7, 11) is 1.86. The Morgan fingerprint density at radius 3 is 2.75 bits per heavy atom. The lowest BCUT2D eigenvalue weighted by Gasteiger charge is -2.25. The number of pyridine rings is 1. The van der Waals surface area contributed by atoms with E-state index in [1.807, 2.05) is 31.3 Å². The lowest BCUT2D eigenvalue weighted by Crippen LogP contribution is -2.24. The van der Waals surface area contributed by atoms with E-state index in [0.717, 1.165) is 30.0 Å². The van der Waals surface area contributed by atoms with Crippen LogP contribution in [0.4, 0.5) is 10.1 Å². The molecule has 2 aromatic rings. The Balaban J connectivity index is 2.27. The van der Waals surface area contributed by atoms with Gasteiger partial charge in [-0.2, -0.15) is 0 Å². The predicted octanol–water partition coefficient (Wildman–Crippen LogP) is 2.97. The second kappa shape index (κ2) is 7.01. The molecule has 4 heteroatoms. The van der Waals surface area contributed by atoms with Gasteiger partial charge in [0.15, 0.2) is 0 Å². The second-order valence-corrected chi connectivity index (χ2v) is 4.64. The highest BCUT2D eigenvalue weighted by Gasteiger charge is 2.11. The average Bonchev–Trinajstić information content (AvgIpc) is 2.47. The summed E-state index contributed by atoms with van der Waals surface area (Å²) in [5, 5.41) is 3.09. The number of anilines is 1. The van der Waals surface area contributed by atoms with Gasteiger partial charge in [-0.15, -0.1) is 0 Å². The van der Waals surface area contributed by atoms with E-state index in [-0.39, 0.29) is 5.82 Å². The van der Waals surface area contributed by atoms with Crippen LogP contribution in [0.3, 0.4) is 0 Å². The normalized spacial score (nSPS) is 10.6. The van der Waals surface area contributed by atoms with Crippen LogP contribution in [0.1, 0.15) is 18.2 Å². The molecule has 1 heterocycles. The number of nitrogens with one attached hydrogen (secondary N) is 1. The zero-order valence-corrected chi connectivity index (χ0v) is 11.9. The van der Waals surface area contributed by atoms with Crippen molar-refractivity contribution in [2.75, 3.05) is 18.5 Å². The minimum Gasteiger partial charge on any atom is -0.366 e. The van der Waals surface area contributed by atoms with Crippen LogP contribution < -0.4 is 10.2 Å². The van der Waals surface area contributed by atoms with Gasteiger partial charge in [0.1, 0.15) is 5.82 Å². The van der Waals surface area contributed by atoms with Crippen molar-refractivity contribution in [3.05, 3.63) is 59.7 Å². The maximum atomic E-state index is 13.4. The first-order chi connectivity index (χ1) is 9.74. The summed E-state index contributed by atoms with van der Waals surface area (Å²) in [5.74, 6) is -0.201. The van der Waals surface area contributed by atoms with Gasteiger partial charge in [-0.1, -0.05) is 6.07 Å². The third-order valence-corrected chi connectivity index (χ3v) is 3.21. The Labute approximate surface area is 119 Å². The van der Waals surface area contributed by atoms with Crippen molar-refractivity contribution in [3.63, 3.8) is 0 Å². The van der Waals surface area contributed by atoms with E-state index in [4.69, 9.17) is 0 Å². The van der Waals surface area contributed by atoms with Crippen LogP contribution in [0.5, 0.6) is 0 Å². The molecule has 0 aliphatic heterocycles. The highest BCUT2D eigenvalue weighted by molar-refractivity contribution is 5.54. The minimum absolute atomic E-state index is 0.201. The standard InChI is InChI=1S/C16H20FN3/c1-3-20(12-15-6-4-5-9-19-15)16-8-7-14(17)10-13(16)11-18-2/h4-10,18H,3,11-12H2,1-2H3. The number of halogens is 1. The number of hydrogen-bond acceptors (Lipinski definition) is 3. The van der Waals surface area contributed by atoms with Crippen LogP contribution >= 0.6 is 0 Å². The van der Waals surface area contributed by atoms with Crippen molar-refractivity contribution in [1.29, 1.82) is 0 Å². The van der Waals surface area contributed by atoms with Crippen LogP contribution in [0, 0.1) is 5.82 Å². The zero-order valence-electron chi connectivity index (χ0n) is 11.9. The fraction of sp³-hybridized carbons (Fsp3) is 0.312. The van der Waals surface area contributed by atoms with Crippen molar-refractivity contribution in [1.82, 2.24) is 10.3 Å². The summed E-state index contributed by atoms with van der Waals surface area (Å²) in [6, 6.07) is 10.8. The molecule has 106 valence electrons. The lowest BCUT2D eigenvalue weighted by atomic mass is 10.1. The van der Waals surface area contributed by atoms with Crippen molar-refractivity contribution in [2.24, 2.45) is 0 Å². The molecule has 2 rings (SSSR count). The van der Waals surface area contributed by atoms with Gasteiger partial charge in [0, 0.05) is 25.0 Å². The van der Waals surface area contributed by atoms with E-state index >= 15 is 0 Å². The van der Waals surface area contributed by atoms with Crippen LogP contribution in [-0.4, -0.2) is 18.6 Å².